The van der Waals surface area contributed by atoms with E-state index in [4.69, 9.17) is 4.74 Å². The second-order valence-corrected chi connectivity index (χ2v) is 7.14. The molecule has 0 bridgehead atoms. The van der Waals surface area contributed by atoms with Gasteiger partial charge in [-0.2, -0.15) is 11.8 Å². The van der Waals surface area contributed by atoms with Crippen molar-refractivity contribution in [3.05, 3.63) is 42.0 Å². The summed E-state index contributed by atoms with van der Waals surface area (Å²) in [6, 6.07) is 11.8. The smallest absolute Gasteiger partial charge is 0.173 e. The van der Waals surface area contributed by atoms with Gasteiger partial charge >= 0.3 is 0 Å². The normalized spacial score (nSPS) is 15.9. The van der Waals surface area contributed by atoms with Crippen molar-refractivity contribution in [2.75, 3.05) is 12.9 Å². The number of thioether (sulfide) groups is 1. The molecular formula is C19H22O2S. The van der Waals surface area contributed by atoms with Gasteiger partial charge < -0.3 is 4.74 Å². The Labute approximate surface area is 136 Å². The zero-order valence-electron chi connectivity index (χ0n) is 13.0. The summed E-state index contributed by atoms with van der Waals surface area (Å²) >= 11 is 1.84. The second-order valence-electron chi connectivity index (χ2n) is 5.86. The van der Waals surface area contributed by atoms with E-state index in [9.17, 15) is 4.79 Å². The van der Waals surface area contributed by atoms with Crippen LogP contribution in [0.15, 0.2) is 36.4 Å². The van der Waals surface area contributed by atoms with Crippen LogP contribution in [-0.2, 0) is 0 Å². The van der Waals surface area contributed by atoms with Gasteiger partial charge in [0.05, 0.1) is 12.9 Å². The molecule has 0 unspecified atom stereocenters. The van der Waals surface area contributed by atoms with Crippen molar-refractivity contribution in [2.45, 2.75) is 37.4 Å². The molecule has 0 radical (unpaired) electrons. The number of Topliss-reactive ketones (excluding diaryl/α,β-unsaturated/α-hetero) is 1. The van der Waals surface area contributed by atoms with Gasteiger partial charge in [-0.3, -0.25) is 4.79 Å². The van der Waals surface area contributed by atoms with Gasteiger partial charge in [0.2, 0.25) is 0 Å². The first-order valence-electron chi connectivity index (χ1n) is 8.00. The summed E-state index contributed by atoms with van der Waals surface area (Å²) in [6.45, 7) is 0. The molecule has 0 amide bonds. The standard InChI is InChI=1S/C19H22O2S/c1-21-19-12-11-16(15-9-5-6-10-17(15)19)18(20)13-22-14-7-3-2-4-8-14/h5-6,9-12,14H,2-4,7-8,13H2,1H3. The summed E-state index contributed by atoms with van der Waals surface area (Å²) in [6.07, 6.45) is 6.52. The average molecular weight is 314 g/mol. The van der Waals surface area contributed by atoms with Crippen molar-refractivity contribution in [2.24, 2.45) is 0 Å². The lowest BCUT2D eigenvalue weighted by Gasteiger charge is -2.20. The van der Waals surface area contributed by atoms with Gasteiger partial charge in [-0.25, -0.2) is 0 Å². The lowest BCUT2D eigenvalue weighted by Crippen LogP contribution is -2.12. The molecular weight excluding hydrogens is 292 g/mol. The molecule has 2 aromatic rings. The molecule has 0 N–H and O–H groups in total. The second kappa shape index (κ2) is 7.19. The Kier molecular flexibility index (Phi) is 5.04. The number of benzene rings is 2. The van der Waals surface area contributed by atoms with Gasteiger partial charge in [-0.05, 0) is 30.4 Å². The molecule has 0 atom stereocenters. The van der Waals surface area contributed by atoms with Crippen LogP contribution in [0.2, 0.25) is 0 Å². The molecule has 2 nitrogen and oxygen atoms in total. The fourth-order valence-electron chi connectivity index (χ4n) is 3.20. The zero-order chi connectivity index (χ0) is 15.4. The number of carbonyl (C=O) groups is 1. The van der Waals surface area contributed by atoms with E-state index in [0.717, 1.165) is 22.1 Å². The van der Waals surface area contributed by atoms with Gasteiger partial charge in [0, 0.05) is 16.2 Å². The molecule has 1 fully saturated rings. The van der Waals surface area contributed by atoms with Crippen LogP contribution in [0.1, 0.15) is 42.5 Å². The van der Waals surface area contributed by atoms with Crippen LogP contribution in [-0.4, -0.2) is 23.9 Å². The summed E-state index contributed by atoms with van der Waals surface area (Å²) in [5.74, 6) is 1.64. The highest BCUT2D eigenvalue weighted by atomic mass is 32.2. The first-order chi connectivity index (χ1) is 10.8. The number of fused-ring (bicyclic) bond motifs is 1. The predicted molar refractivity (Wildman–Crippen MR) is 94.2 cm³/mol. The maximum absolute atomic E-state index is 12.6. The summed E-state index contributed by atoms with van der Waals surface area (Å²) in [7, 11) is 1.67. The lowest BCUT2D eigenvalue weighted by molar-refractivity contribution is 0.102. The van der Waals surface area contributed by atoms with E-state index < -0.39 is 0 Å². The number of ketones is 1. The Morgan fingerprint density at radius 2 is 1.82 bits per heavy atom. The van der Waals surface area contributed by atoms with E-state index in [2.05, 4.69) is 0 Å². The van der Waals surface area contributed by atoms with Gasteiger partial charge in [0.25, 0.3) is 0 Å². The molecule has 0 aliphatic heterocycles. The Morgan fingerprint density at radius 3 is 2.55 bits per heavy atom. The van der Waals surface area contributed by atoms with E-state index in [1.54, 1.807) is 7.11 Å². The van der Waals surface area contributed by atoms with Gasteiger partial charge in [0.1, 0.15) is 5.75 Å². The minimum atomic E-state index is 0.231. The van der Waals surface area contributed by atoms with Crippen molar-refractivity contribution in [3.63, 3.8) is 0 Å². The Hall–Kier alpha value is -1.48. The third-order valence-electron chi connectivity index (χ3n) is 4.41. The van der Waals surface area contributed by atoms with E-state index in [1.807, 2.05) is 48.2 Å². The third-order valence-corrected chi connectivity index (χ3v) is 5.78. The maximum atomic E-state index is 12.6. The van der Waals surface area contributed by atoms with Crippen LogP contribution in [0.5, 0.6) is 5.75 Å². The lowest BCUT2D eigenvalue weighted by atomic mass is 10.0. The number of methoxy groups -OCH3 is 1. The Morgan fingerprint density at radius 1 is 1.09 bits per heavy atom. The van der Waals surface area contributed by atoms with Crippen molar-refractivity contribution >= 4 is 28.3 Å². The molecule has 1 aliphatic carbocycles. The summed E-state index contributed by atoms with van der Waals surface area (Å²) in [5, 5.41) is 2.68. The number of ether oxygens (including phenoxy) is 1. The van der Waals surface area contributed by atoms with E-state index >= 15 is 0 Å². The quantitative estimate of drug-likeness (QED) is 0.718. The number of carbonyl (C=O) groups excluding carboxylic acids is 1. The summed E-state index contributed by atoms with van der Waals surface area (Å²) in [4.78, 5) is 12.6. The zero-order valence-corrected chi connectivity index (χ0v) is 13.8. The molecule has 2 aromatic carbocycles. The SMILES string of the molecule is COc1ccc(C(=O)CSC2CCCCC2)c2ccccc12. The van der Waals surface area contributed by atoms with Crippen molar-refractivity contribution in [1.29, 1.82) is 0 Å². The fraction of sp³-hybridized carbons (Fsp3) is 0.421. The average Bonchev–Trinajstić information content (AvgIpc) is 2.59. The number of hydrogen-bond acceptors (Lipinski definition) is 3. The fourth-order valence-corrected chi connectivity index (χ4v) is 4.40. The highest BCUT2D eigenvalue weighted by Gasteiger charge is 2.17. The van der Waals surface area contributed by atoms with Crippen molar-refractivity contribution in [3.8, 4) is 5.75 Å². The van der Waals surface area contributed by atoms with Crippen LogP contribution in [0.25, 0.3) is 10.8 Å². The highest BCUT2D eigenvalue weighted by Crippen LogP contribution is 2.31. The molecule has 0 heterocycles. The predicted octanol–water partition coefficient (Wildman–Crippen LogP) is 5.10. The number of rotatable bonds is 5. The molecule has 1 aliphatic rings. The van der Waals surface area contributed by atoms with Crippen molar-refractivity contribution in [1.82, 2.24) is 0 Å². The monoisotopic (exact) mass is 314 g/mol. The Bertz CT molecular complexity index is 660. The van der Waals surface area contributed by atoms with Crippen LogP contribution < -0.4 is 4.74 Å². The first-order valence-corrected chi connectivity index (χ1v) is 9.05. The van der Waals surface area contributed by atoms with Crippen LogP contribution >= 0.6 is 11.8 Å². The van der Waals surface area contributed by atoms with Crippen molar-refractivity contribution < 1.29 is 9.53 Å². The topological polar surface area (TPSA) is 26.3 Å². The maximum Gasteiger partial charge on any atom is 0.173 e. The Balaban J connectivity index is 1.79. The van der Waals surface area contributed by atoms with E-state index in [0.29, 0.717) is 11.0 Å². The van der Waals surface area contributed by atoms with Gasteiger partial charge in [-0.1, -0.05) is 43.5 Å². The minimum absolute atomic E-state index is 0.231. The van der Waals surface area contributed by atoms with Crippen LogP contribution in [0.4, 0.5) is 0 Å². The van der Waals surface area contributed by atoms with Crippen LogP contribution in [0, 0.1) is 0 Å². The number of hydrogen-bond donors (Lipinski definition) is 0. The van der Waals surface area contributed by atoms with E-state index in [-0.39, 0.29) is 5.78 Å². The van der Waals surface area contributed by atoms with Crippen LogP contribution in [0.3, 0.4) is 0 Å². The molecule has 3 rings (SSSR count). The summed E-state index contributed by atoms with van der Waals surface area (Å²) < 4.78 is 5.40. The minimum Gasteiger partial charge on any atom is -0.496 e. The largest absolute Gasteiger partial charge is 0.496 e. The van der Waals surface area contributed by atoms with Gasteiger partial charge in [0.15, 0.2) is 5.78 Å². The van der Waals surface area contributed by atoms with Gasteiger partial charge in [-0.15, -0.1) is 0 Å². The molecule has 22 heavy (non-hydrogen) atoms. The molecule has 3 heteroatoms. The third kappa shape index (κ3) is 3.30. The molecule has 0 saturated heterocycles. The molecule has 0 aromatic heterocycles. The summed E-state index contributed by atoms with van der Waals surface area (Å²) in [5.41, 5.74) is 0.819. The molecule has 1 saturated carbocycles. The van der Waals surface area contributed by atoms with E-state index in [1.165, 1.54) is 32.1 Å². The first kappa shape index (κ1) is 15.4. The molecule has 116 valence electrons. The highest BCUT2D eigenvalue weighted by molar-refractivity contribution is 8.00. The molecule has 0 spiro atoms.